The molecule has 0 aromatic rings. The summed E-state index contributed by atoms with van der Waals surface area (Å²) in [7, 11) is 0.0468. The number of hydrogen-bond donors (Lipinski definition) is 2. The van der Waals surface area contributed by atoms with E-state index in [9.17, 15) is 8.42 Å². The molecule has 0 aliphatic heterocycles. The third-order valence-corrected chi connectivity index (χ3v) is 3.41. The molecule has 0 bridgehead atoms. The third-order valence-electron chi connectivity index (χ3n) is 1.61. The average Bonchev–Trinajstić information content (AvgIpc) is 2.05. The van der Waals surface area contributed by atoms with Gasteiger partial charge in [-0.15, -0.1) is 0 Å². The minimum absolute atomic E-state index is 0.217. The fraction of sp³-hybridized carbons (Fsp3) is 1.00. The maximum absolute atomic E-state index is 11.4. The Morgan fingerprint density at radius 1 is 1.38 bits per heavy atom. The van der Waals surface area contributed by atoms with Crippen LogP contribution in [0.25, 0.3) is 0 Å². The first kappa shape index (κ1) is 12.8. The van der Waals surface area contributed by atoms with E-state index >= 15 is 0 Å². The van der Waals surface area contributed by atoms with E-state index in [0.29, 0.717) is 13.1 Å². The molecular formula is C7H18N2O3S. The number of ether oxygens (including phenoxy) is 1. The molecule has 0 amide bonds. The van der Waals surface area contributed by atoms with Crippen LogP contribution >= 0.6 is 0 Å². The monoisotopic (exact) mass is 210 g/mol. The van der Waals surface area contributed by atoms with Crippen LogP contribution in [-0.4, -0.2) is 47.5 Å². The summed E-state index contributed by atoms with van der Waals surface area (Å²) in [6, 6.07) is 0. The third kappa shape index (κ3) is 5.20. The van der Waals surface area contributed by atoms with E-state index in [2.05, 4.69) is 10.0 Å². The van der Waals surface area contributed by atoms with E-state index in [0.717, 1.165) is 0 Å². The molecule has 13 heavy (non-hydrogen) atoms. The molecule has 0 saturated heterocycles. The van der Waals surface area contributed by atoms with Crippen LogP contribution in [0.3, 0.4) is 0 Å². The largest absolute Gasteiger partial charge is 0.383 e. The van der Waals surface area contributed by atoms with Crippen molar-refractivity contribution in [2.24, 2.45) is 0 Å². The Kier molecular flexibility index (Phi) is 6.23. The number of sulfonamides is 1. The average molecular weight is 210 g/mol. The fourth-order valence-electron chi connectivity index (χ4n) is 0.785. The van der Waals surface area contributed by atoms with Crippen molar-refractivity contribution in [3.63, 3.8) is 0 Å². The topological polar surface area (TPSA) is 67.4 Å². The van der Waals surface area contributed by atoms with Crippen LogP contribution in [0, 0.1) is 0 Å². The lowest BCUT2D eigenvalue weighted by atomic mass is 10.5. The van der Waals surface area contributed by atoms with Gasteiger partial charge in [0.25, 0.3) is 0 Å². The zero-order chi connectivity index (χ0) is 10.3. The summed E-state index contributed by atoms with van der Waals surface area (Å²) in [5.41, 5.74) is 0. The Balaban J connectivity index is 3.92. The van der Waals surface area contributed by atoms with Crippen LogP contribution in [-0.2, 0) is 14.8 Å². The summed E-state index contributed by atoms with van der Waals surface area (Å²) in [4.78, 5) is 0. The first-order chi connectivity index (χ1) is 6.04. The van der Waals surface area contributed by atoms with Crippen LogP contribution in [0.15, 0.2) is 0 Å². The molecule has 0 fully saturated rings. The number of hydrogen-bond acceptors (Lipinski definition) is 4. The van der Waals surface area contributed by atoms with Crippen LogP contribution in [0.5, 0.6) is 0 Å². The SMILES string of the molecule is CNCCNS(=O)(=O)C(C)COC. The van der Waals surface area contributed by atoms with E-state index in [1.807, 2.05) is 0 Å². The van der Waals surface area contributed by atoms with Gasteiger partial charge in [-0.3, -0.25) is 0 Å². The Hall–Kier alpha value is -0.170. The first-order valence-electron chi connectivity index (χ1n) is 4.16. The second-order valence-electron chi connectivity index (χ2n) is 2.81. The van der Waals surface area contributed by atoms with E-state index in [1.54, 1.807) is 14.0 Å². The minimum atomic E-state index is -3.21. The number of methoxy groups -OCH3 is 1. The van der Waals surface area contributed by atoms with Gasteiger partial charge in [-0.05, 0) is 14.0 Å². The summed E-state index contributed by atoms with van der Waals surface area (Å²) < 4.78 is 30.0. The maximum atomic E-state index is 11.4. The molecule has 0 aliphatic carbocycles. The molecular weight excluding hydrogens is 192 g/mol. The molecule has 1 unspecified atom stereocenters. The number of nitrogens with one attached hydrogen (secondary N) is 2. The van der Waals surface area contributed by atoms with Crippen LogP contribution in [0.2, 0.25) is 0 Å². The molecule has 0 aliphatic rings. The lowest BCUT2D eigenvalue weighted by molar-refractivity contribution is 0.200. The van der Waals surface area contributed by atoms with Crippen molar-refractivity contribution >= 4 is 10.0 Å². The van der Waals surface area contributed by atoms with Gasteiger partial charge in [0.1, 0.15) is 0 Å². The Bertz CT molecular complexity index is 216. The highest BCUT2D eigenvalue weighted by atomic mass is 32.2. The van der Waals surface area contributed by atoms with E-state index < -0.39 is 15.3 Å². The summed E-state index contributed by atoms with van der Waals surface area (Å²) in [6.07, 6.45) is 0. The predicted octanol–water partition coefficient (Wildman–Crippen LogP) is -0.840. The quantitative estimate of drug-likeness (QED) is 0.538. The molecule has 5 nitrogen and oxygen atoms in total. The van der Waals surface area contributed by atoms with Crippen LogP contribution in [0.1, 0.15) is 6.92 Å². The molecule has 0 heterocycles. The Morgan fingerprint density at radius 3 is 2.46 bits per heavy atom. The van der Waals surface area contributed by atoms with Crippen molar-refractivity contribution < 1.29 is 13.2 Å². The van der Waals surface area contributed by atoms with Gasteiger partial charge in [-0.2, -0.15) is 0 Å². The van der Waals surface area contributed by atoms with Crippen molar-refractivity contribution in [3.05, 3.63) is 0 Å². The summed E-state index contributed by atoms with van der Waals surface area (Å²) >= 11 is 0. The van der Waals surface area contributed by atoms with Gasteiger partial charge in [0.05, 0.1) is 11.9 Å². The summed E-state index contributed by atoms with van der Waals surface area (Å²) in [5.74, 6) is 0. The van der Waals surface area contributed by atoms with Crippen molar-refractivity contribution in [1.82, 2.24) is 10.0 Å². The number of rotatable bonds is 7. The van der Waals surface area contributed by atoms with E-state index in [1.165, 1.54) is 7.11 Å². The zero-order valence-electron chi connectivity index (χ0n) is 8.33. The minimum Gasteiger partial charge on any atom is -0.383 e. The first-order valence-corrected chi connectivity index (χ1v) is 5.71. The second kappa shape index (κ2) is 6.31. The van der Waals surface area contributed by atoms with E-state index in [-0.39, 0.29) is 6.61 Å². The molecule has 2 N–H and O–H groups in total. The zero-order valence-corrected chi connectivity index (χ0v) is 9.15. The summed E-state index contributed by atoms with van der Waals surface area (Å²) in [5, 5.41) is 2.35. The van der Waals surface area contributed by atoms with Gasteiger partial charge in [-0.1, -0.05) is 0 Å². The van der Waals surface area contributed by atoms with Crippen molar-refractivity contribution in [1.29, 1.82) is 0 Å². The molecule has 0 aromatic carbocycles. The molecule has 0 radical (unpaired) electrons. The van der Waals surface area contributed by atoms with Gasteiger partial charge in [-0.25, -0.2) is 13.1 Å². The standard InChI is InChI=1S/C7H18N2O3S/c1-7(6-12-3)13(10,11)9-5-4-8-2/h7-9H,4-6H2,1-3H3. The van der Waals surface area contributed by atoms with Gasteiger partial charge in [0.2, 0.25) is 10.0 Å². The maximum Gasteiger partial charge on any atom is 0.216 e. The molecule has 1 atom stereocenters. The lowest BCUT2D eigenvalue weighted by Gasteiger charge is -2.12. The molecule has 0 saturated carbocycles. The van der Waals surface area contributed by atoms with Gasteiger partial charge in [0.15, 0.2) is 0 Å². The van der Waals surface area contributed by atoms with Gasteiger partial charge in [0, 0.05) is 20.2 Å². The van der Waals surface area contributed by atoms with Gasteiger partial charge < -0.3 is 10.1 Å². The lowest BCUT2D eigenvalue weighted by Crippen LogP contribution is -2.38. The second-order valence-corrected chi connectivity index (χ2v) is 4.99. The van der Waals surface area contributed by atoms with Crippen molar-refractivity contribution in [2.45, 2.75) is 12.2 Å². The van der Waals surface area contributed by atoms with E-state index in [4.69, 9.17) is 4.74 Å². The van der Waals surface area contributed by atoms with Gasteiger partial charge >= 0.3 is 0 Å². The number of likely N-dealkylation sites (N-methyl/N-ethyl adjacent to an activating group) is 1. The molecule has 0 rings (SSSR count). The highest BCUT2D eigenvalue weighted by Crippen LogP contribution is 1.97. The molecule has 0 aromatic heterocycles. The smallest absolute Gasteiger partial charge is 0.216 e. The Labute approximate surface area is 79.9 Å². The predicted molar refractivity (Wildman–Crippen MR) is 52.2 cm³/mol. The van der Waals surface area contributed by atoms with Crippen molar-refractivity contribution in [2.75, 3.05) is 33.9 Å². The highest BCUT2D eigenvalue weighted by Gasteiger charge is 2.19. The fourth-order valence-corrected chi connectivity index (χ4v) is 1.77. The highest BCUT2D eigenvalue weighted by molar-refractivity contribution is 7.90. The molecule has 6 heteroatoms. The van der Waals surface area contributed by atoms with Crippen LogP contribution < -0.4 is 10.0 Å². The normalized spacial score (nSPS) is 14.4. The molecule has 0 spiro atoms. The van der Waals surface area contributed by atoms with Crippen molar-refractivity contribution in [3.8, 4) is 0 Å². The van der Waals surface area contributed by atoms with Crippen LogP contribution in [0.4, 0.5) is 0 Å². The molecule has 80 valence electrons. The summed E-state index contributed by atoms with van der Waals surface area (Å²) in [6.45, 7) is 2.87. The Morgan fingerprint density at radius 2 is 2.00 bits per heavy atom.